The van der Waals surface area contributed by atoms with Gasteiger partial charge in [-0.3, -0.25) is 33.7 Å². The van der Waals surface area contributed by atoms with Crippen LogP contribution in [0.4, 0.5) is 0 Å². The fourth-order valence-corrected chi connectivity index (χ4v) is 3.03. The first-order valence-electron chi connectivity index (χ1n) is 8.60. The molecule has 2 amide bonds. The molecule has 0 aromatic heterocycles. The molecule has 0 radical (unpaired) electrons. The number of hydrogen-bond donors (Lipinski definition) is 0. The van der Waals surface area contributed by atoms with E-state index in [1.54, 1.807) is 0 Å². The summed E-state index contributed by atoms with van der Waals surface area (Å²) in [5, 5.41) is -1.49. The van der Waals surface area contributed by atoms with Crippen LogP contribution in [0.3, 0.4) is 0 Å². The minimum absolute atomic E-state index is 0.398. The predicted octanol–water partition coefficient (Wildman–Crippen LogP) is -0.707. The number of carbonyl (C=O) groups is 6. The van der Waals surface area contributed by atoms with Crippen LogP contribution in [-0.4, -0.2) is 84.2 Å². The summed E-state index contributed by atoms with van der Waals surface area (Å²) in [5.41, 5.74) is 0. The third-order valence-electron chi connectivity index (χ3n) is 3.93. The van der Waals surface area contributed by atoms with Gasteiger partial charge >= 0.3 is 29.1 Å². The van der Waals surface area contributed by atoms with Crippen molar-refractivity contribution in [2.24, 2.45) is 0 Å². The maximum atomic E-state index is 12.3. The van der Waals surface area contributed by atoms with Crippen molar-refractivity contribution >= 4 is 46.6 Å². The summed E-state index contributed by atoms with van der Waals surface area (Å²) < 4.78 is 26.1. The SMILES string of the molecule is CO[C@H]1O[C@H](COC(C)=O)[C@@H](OC(C)=O)[C@H](OC(C)=O)[C@H]1N(C(C)=O)C(=O)C(=O)Cl. The molecule has 1 aliphatic rings. The predicted molar refractivity (Wildman–Crippen MR) is 95.6 cm³/mol. The topological polar surface area (TPSA) is 152 Å². The number of nitrogens with zero attached hydrogens (tertiary/aromatic N) is 1. The summed E-state index contributed by atoms with van der Waals surface area (Å²) in [5.74, 6) is -4.73. The average molecular weight is 452 g/mol. The van der Waals surface area contributed by atoms with E-state index >= 15 is 0 Å². The van der Waals surface area contributed by atoms with E-state index in [1.807, 2.05) is 0 Å². The smallest absolute Gasteiger partial charge is 0.313 e. The lowest BCUT2D eigenvalue weighted by atomic mass is 9.94. The van der Waals surface area contributed by atoms with E-state index in [4.69, 9.17) is 35.3 Å². The molecule has 168 valence electrons. The Morgan fingerprint density at radius 1 is 0.900 bits per heavy atom. The molecule has 0 bridgehead atoms. The lowest BCUT2D eigenvalue weighted by Gasteiger charge is -2.47. The van der Waals surface area contributed by atoms with E-state index < -0.39 is 72.2 Å². The summed E-state index contributed by atoms with van der Waals surface area (Å²) in [7, 11) is 1.16. The number of esters is 3. The number of carbonyl (C=O) groups excluding carboxylic acids is 6. The minimum atomic E-state index is -1.55. The molecule has 30 heavy (non-hydrogen) atoms. The van der Waals surface area contributed by atoms with Crippen LogP contribution in [0.5, 0.6) is 0 Å². The van der Waals surface area contributed by atoms with E-state index in [0.29, 0.717) is 4.90 Å². The van der Waals surface area contributed by atoms with Crippen LogP contribution in [0, 0.1) is 0 Å². The van der Waals surface area contributed by atoms with Gasteiger partial charge in [-0.25, -0.2) is 0 Å². The number of methoxy groups -OCH3 is 1. The molecule has 0 spiro atoms. The zero-order valence-corrected chi connectivity index (χ0v) is 17.7. The minimum Gasteiger partial charge on any atom is -0.463 e. The summed E-state index contributed by atoms with van der Waals surface area (Å²) in [4.78, 5) is 70.9. The van der Waals surface area contributed by atoms with Crippen LogP contribution in [0.1, 0.15) is 27.7 Å². The fourth-order valence-electron chi connectivity index (χ4n) is 2.93. The van der Waals surface area contributed by atoms with Gasteiger partial charge in [-0.05, 0) is 11.6 Å². The van der Waals surface area contributed by atoms with E-state index in [-0.39, 0.29) is 0 Å². The average Bonchev–Trinajstić information content (AvgIpc) is 2.61. The van der Waals surface area contributed by atoms with Gasteiger partial charge in [0.2, 0.25) is 5.91 Å². The molecule has 5 atom stereocenters. The van der Waals surface area contributed by atoms with E-state index in [9.17, 15) is 28.8 Å². The van der Waals surface area contributed by atoms with Crippen LogP contribution >= 0.6 is 11.6 Å². The standard InChI is InChI=1S/C17H22ClNO11/c1-7(20)19(16(25)15(18)24)12-14(29-10(4)23)13(28-9(3)22)11(6-27-8(2)21)30-17(12)26-5/h11-14,17H,6H2,1-5H3/t11-,12-,13-,14-,17+/m1/s1. The maximum Gasteiger partial charge on any atom is 0.313 e. The quantitative estimate of drug-likeness (QED) is 0.209. The van der Waals surface area contributed by atoms with Crippen molar-refractivity contribution in [2.45, 2.75) is 58.3 Å². The highest BCUT2D eigenvalue weighted by Crippen LogP contribution is 2.31. The van der Waals surface area contributed by atoms with Crippen molar-refractivity contribution in [3.63, 3.8) is 0 Å². The van der Waals surface area contributed by atoms with Crippen molar-refractivity contribution in [2.75, 3.05) is 13.7 Å². The van der Waals surface area contributed by atoms with Gasteiger partial charge in [-0.1, -0.05) is 0 Å². The Morgan fingerprint density at radius 3 is 1.83 bits per heavy atom. The molecule has 13 heteroatoms. The van der Waals surface area contributed by atoms with Gasteiger partial charge in [-0.2, -0.15) is 0 Å². The van der Waals surface area contributed by atoms with Gasteiger partial charge in [0.15, 0.2) is 18.5 Å². The molecule has 0 N–H and O–H groups in total. The lowest BCUT2D eigenvalue weighted by Crippen LogP contribution is -2.68. The second kappa shape index (κ2) is 11.0. The molecule has 0 aromatic rings. The molecule has 0 unspecified atom stereocenters. The highest BCUT2D eigenvalue weighted by molar-refractivity contribution is 6.81. The Balaban J connectivity index is 3.54. The summed E-state index contributed by atoms with van der Waals surface area (Å²) in [6, 6.07) is -1.55. The van der Waals surface area contributed by atoms with Gasteiger partial charge in [0.25, 0.3) is 0 Å². The monoisotopic (exact) mass is 451 g/mol. The van der Waals surface area contributed by atoms with Gasteiger partial charge in [0.05, 0.1) is 0 Å². The Kier molecular flexibility index (Phi) is 9.33. The maximum absolute atomic E-state index is 12.3. The van der Waals surface area contributed by atoms with Crippen molar-refractivity contribution in [1.29, 1.82) is 0 Å². The zero-order chi connectivity index (χ0) is 23.2. The van der Waals surface area contributed by atoms with Crippen LogP contribution in [0.25, 0.3) is 0 Å². The highest BCUT2D eigenvalue weighted by atomic mass is 35.5. The third-order valence-corrected chi connectivity index (χ3v) is 4.09. The van der Waals surface area contributed by atoms with Crippen LogP contribution in [-0.2, 0) is 52.5 Å². The normalized spacial score (nSPS) is 25.6. The van der Waals surface area contributed by atoms with Crippen molar-refractivity contribution in [3.05, 3.63) is 0 Å². The second-order valence-electron chi connectivity index (χ2n) is 6.19. The number of imide groups is 1. The van der Waals surface area contributed by atoms with Crippen molar-refractivity contribution in [1.82, 2.24) is 4.90 Å². The first kappa shape index (κ1) is 25.5. The third kappa shape index (κ3) is 6.47. The zero-order valence-electron chi connectivity index (χ0n) is 16.9. The highest BCUT2D eigenvalue weighted by Gasteiger charge is 2.55. The molecular formula is C17H22ClNO11. The Labute approximate surface area is 176 Å². The second-order valence-corrected chi connectivity index (χ2v) is 6.53. The Hall–Kier alpha value is -2.57. The number of ether oxygens (including phenoxy) is 5. The molecule has 1 rings (SSSR count). The van der Waals surface area contributed by atoms with E-state index in [0.717, 1.165) is 34.8 Å². The van der Waals surface area contributed by atoms with Crippen LogP contribution in [0.2, 0.25) is 0 Å². The molecule has 0 aliphatic carbocycles. The number of halogens is 1. The molecule has 0 saturated carbocycles. The van der Waals surface area contributed by atoms with E-state index in [1.165, 1.54) is 0 Å². The lowest BCUT2D eigenvalue weighted by molar-refractivity contribution is -0.283. The van der Waals surface area contributed by atoms with Crippen molar-refractivity contribution in [3.8, 4) is 0 Å². The first-order valence-corrected chi connectivity index (χ1v) is 8.98. The van der Waals surface area contributed by atoms with Gasteiger partial charge < -0.3 is 23.7 Å². The number of hydrogen-bond acceptors (Lipinski definition) is 11. The van der Waals surface area contributed by atoms with Crippen molar-refractivity contribution < 1.29 is 52.5 Å². The first-order chi connectivity index (χ1) is 13.9. The fraction of sp³-hybridized carbons (Fsp3) is 0.647. The molecule has 1 aliphatic heterocycles. The Bertz CT molecular complexity index is 724. The molecule has 1 fully saturated rings. The Morgan fingerprint density at radius 2 is 1.43 bits per heavy atom. The number of rotatable bonds is 7. The largest absolute Gasteiger partial charge is 0.463 e. The molecule has 1 saturated heterocycles. The molecule has 1 heterocycles. The summed E-state index contributed by atoms with van der Waals surface area (Å²) in [6.07, 6.45) is -5.61. The number of amides is 2. The van der Waals surface area contributed by atoms with E-state index in [2.05, 4.69) is 0 Å². The molecule has 0 aromatic carbocycles. The van der Waals surface area contributed by atoms with Gasteiger partial charge in [-0.15, -0.1) is 0 Å². The van der Waals surface area contributed by atoms with Crippen LogP contribution in [0.15, 0.2) is 0 Å². The molecule has 12 nitrogen and oxygen atoms in total. The molecular weight excluding hydrogens is 430 g/mol. The summed E-state index contributed by atoms with van der Waals surface area (Å²) >= 11 is 5.25. The van der Waals surface area contributed by atoms with Gasteiger partial charge in [0, 0.05) is 34.8 Å². The summed E-state index contributed by atoms with van der Waals surface area (Å²) in [6.45, 7) is 3.75. The van der Waals surface area contributed by atoms with Crippen LogP contribution < -0.4 is 0 Å². The van der Waals surface area contributed by atoms with Gasteiger partial charge in [0.1, 0.15) is 18.8 Å².